The molecule has 3 nitrogen and oxygen atoms in total. The highest BCUT2D eigenvalue weighted by molar-refractivity contribution is 5.48. The summed E-state index contributed by atoms with van der Waals surface area (Å²) in [6, 6.07) is 5.94. The van der Waals surface area contributed by atoms with Crippen LogP contribution in [0.2, 0.25) is 0 Å². The molecular formula is C32H54N2O. The summed E-state index contributed by atoms with van der Waals surface area (Å²) in [5.41, 5.74) is 3.99. The summed E-state index contributed by atoms with van der Waals surface area (Å²) in [5.74, 6) is 3.11. The first-order valence-corrected chi connectivity index (χ1v) is 14.9. The fourth-order valence-corrected chi connectivity index (χ4v) is 8.35. The number of hydrogen-bond acceptors (Lipinski definition) is 3. The van der Waals surface area contributed by atoms with Gasteiger partial charge in [-0.2, -0.15) is 0 Å². The minimum Gasteiger partial charge on any atom is -0.507 e. The van der Waals surface area contributed by atoms with Crippen molar-refractivity contribution in [2.24, 2.45) is 17.8 Å². The number of phenols is 1. The van der Waals surface area contributed by atoms with E-state index in [0.717, 1.165) is 30.7 Å². The Hall–Kier alpha value is -1.06. The molecule has 0 aromatic heterocycles. The number of fused-ring (bicyclic) bond motifs is 3. The second kappa shape index (κ2) is 11.5. The zero-order chi connectivity index (χ0) is 25.2. The lowest BCUT2D eigenvalue weighted by molar-refractivity contribution is 0.0871. The molecule has 3 aliphatic carbocycles. The van der Waals surface area contributed by atoms with E-state index in [9.17, 15) is 5.11 Å². The molecule has 2 bridgehead atoms. The minimum absolute atomic E-state index is 0.0998. The zero-order valence-electron chi connectivity index (χ0n) is 23.8. The van der Waals surface area contributed by atoms with Gasteiger partial charge in [-0.05, 0) is 101 Å². The van der Waals surface area contributed by atoms with Gasteiger partial charge in [0.25, 0.3) is 0 Å². The number of unbranched alkanes of at least 4 members (excludes halogenated alkanes) is 1. The van der Waals surface area contributed by atoms with Crippen LogP contribution in [-0.4, -0.2) is 48.1 Å². The van der Waals surface area contributed by atoms with Crippen LogP contribution in [0, 0.1) is 17.8 Å². The maximum atomic E-state index is 11.8. The number of phenolic OH excluding ortho intramolecular Hbond substituents is 1. The highest BCUT2D eigenvalue weighted by Crippen LogP contribution is 2.51. The summed E-state index contributed by atoms with van der Waals surface area (Å²) in [6.45, 7) is 8.10. The Morgan fingerprint density at radius 2 is 1.57 bits per heavy atom. The molecule has 3 fully saturated rings. The van der Waals surface area contributed by atoms with Gasteiger partial charge in [0.15, 0.2) is 0 Å². The summed E-state index contributed by atoms with van der Waals surface area (Å²) >= 11 is 0. The van der Waals surface area contributed by atoms with E-state index in [2.05, 4.69) is 63.8 Å². The van der Waals surface area contributed by atoms with E-state index in [1.54, 1.807) is 0 Å². The molecule has 1 N–H and O–H groups in total. The molecule has 0 aliphatic heterocycles. The highest BCUT2D eigenvalue weighted by Gasteiger charge is 2.41. The third-order valence-corrected chi connectivity index (χ3v) is 9.99. The topological polar surface area (TPSA) is 26.7 Å². The Kier molecular flexibility index (Phi) is 8.91. The van der Waals surface area contributed by atoms with Crippen LogP contribution in [-0.2, 0) is 18.4 Å². The average molecular weight is 483 g/mol. The molecule has 1 aromatic rings. The maximum absolute atomic E-state index is 11.8. The monoisotopic (exact) mass is 482 g/mol. The number of aryl methyl sites for hydroxylation is 1. The second-order valence-corrected chi connectivity index (χ2v) is 13.4. The summed E-state index contributed by atoms with van der Waals surface area (Å²) in [4.78, 5) is 4.98. The SMILES string of the molecule is CCCCc1cc(CN(C)[C@@H]2CCCC[C@H]2N(C)C)c(O)c(C2(C)C[C@H]3CC[C@@H](CC(C)C3)C2)c1. The van der Waals surface area contributed by atoms with Crippen molar-refractivity contribution in [1.29, 1.82) is 0 Å². The molecule has 0 amide bonds. The molecule has 1 aromatic carbocycles. The molecule has 3 aliphatic rings. The van der Waals surface area contributed by atoms with E-state index in [4.69, 9.17) is 0 Å². The minimum atomic E-state index is 0.0998. The lowest BCUT2D eigenvalue weighted by Gasteiger charge is -2.42. The lowest BCUT2D eigenvalue weighted by atomic mass is 9.67. The predicted molar refractivity (Wildman–Crippen MR) is 149 cm³/mol. The smallest absolute Gasteiger partial charge is 0.123 e. The molecule has 4 rings (SSSR count). The Balaban J connectivity index is 1.65. The molecule has 0 heterocycles. The number of aromatic hydroxyl groups is 1. The van der Waals surface area contributed by atoms with Gasteiger partial charge in [0.1, 0.15) is 5.75 Å². The van der Waals surface area contributed by atoms with Gasteiger partial charge < -0.3 is 10.0 Å². The van der Waals surface area contributed by atoms with Crippen LogP contribution in [0.4, 0.5) is 0 Å². The van der Waals surface area contributed by atoms with Crippen molar-refractivity contribution < 1.29 is 5.11 Å². The van der Waals surface area contributed by atoms with Crippen LogP contribution in [0.1, 0.15) is 115 Å². The molecule has 3 heteroatoms. The fraction of sp³-hybridized carbons (Fsp3) is 0.812. The standard InChI is InChI=1S/C32H54N2O/c1-7-8-11-24-18-27(22-34(6)30-13-10-9-12-29(30)33(4)5)31(35)28(19-24)32(3)20-25-14-15-26(21-32)17-23(2)16-25/h18-19,23,25-26,29-30,35H,7-17,20-22H2,1-6H3/t23?,25-,26-,29+,30+,32?/m0/s1. The van der Waals surface area contributed by atoms with Crippen molar-refractivity contribution in [3.63, 3.8) is 0 Å². The first-order chi connectivity index (χ1) is 16.7. The third kappa shape index (κ3) is 6.27. The van der Waals surface area contributed by atoms with Crippen molar-refractivity contribution >= 4 is 0 Å². The van der Waals surface area contributed by atoms with Gasteiger partial charge in [-0.15, -0.1) is 0 Å². The van der Waals surface area contributed by atoms with E-state index in [0.29, 0.717) is 17.8 Å². The quantitative estimate of drug-likeness (QED) is 0.415. The van der Waals surface area contributed by atoms with Gasteiger partial charge in [-0.25, -0.2) is 0 Å². The normalized spacial score (nSPS) is 29.5. The number of hydrogen-bond donors (Lipinski definition) is 1. The van der Waals surface area contributed by atoms with Crippen molar-refractivity contribution in [2.45, 2.75) is 128 Å². The lowest BCUT2D eigenvalue weighted by Crippen LogP contribution is -2.49. The number of rotatable bonds is 8. The van der Waals surface area contributed by atoms with Crippen LogP contribution >= 0.6 is 0 Å². The van der Waals surface area contributed by atoms with Crippen LogP contribution in [0.5, 0.6) is 5.75 Å². The number of nitrogens with zero attached hydrogens (tertiary/aromatic N) is 2. The molecule has 0 unspecified atom stereocenters. The molecule has 35 heavy (non-hydrogen) atoms. The Morgan fingerprint density at radius 3 is 2.17 bits per heavy atom. The zero-order valence-corrected chi connectivity index (χ0v) is 23.8. The van der Waals surface area contributed by atoms with Crippen LogP contribution in [0.3, 0.4) is 0 Å². The Labute approximate surface area is 216 Å². The van der Waals surface area contributed by atoms with Gasteiger partial charge in [-0.1, -0.05) is 65.0 Å². The molecule has 0 spiro atoms. The van der Waals surface area contributed by atoms with Crippen LogP contribution in [0.25, 0.3) is 0 Å². The van der Waals surface area contributed by atoms with E-state index >= 15 is 0 Å². The summed E-state index contributed by atoms with van der Waals surface area (Å²) in [7, 11) is 6.77. The van der Waals surface area contributed by atoms with Gasteiger partial charge in [0.05, 0.1) is 0 Å². The van der Waals surface area contributed by atoms with Gasteiger partial charge in [0.2, 0.25) is 0 Å². The van der Waals surface area contributed by atoms with Gasteiger partial charge >= 0.3 is 0 Å². The average Bonchev–Trinajstić information content (AvgIpc) is 3.08. The van der Waals surface area contributed by atoms with Crippen molar-refractivity contribution in [1.82, 2.24) is 9.80 Å². The van der Waals surface area contributed by atoms with Crippen molar-refractivity contribution in [3.05, 3.63) is 28.8 Å². The highest BCUT2D eigenvalue weighted by atomic mass is 16.3. The van der Waals surface area contributed by atoms with Crippen LogP contribution in [0.15, 0.2) is 12.1 Å². The van der Waals surface area contributed by atoms with E-state index in [-0.39, 0.29) is 5.41 Å². The first kappa shape index (κ1) is 27.0. The van der Waals surface area contributed by atoms with E-state index in [1.165, 1.54) is 93.7 Å². The largest absolute Gasteiger partial charge is 0.507 e. The molecule has 3 saturated carbocycles. The third-order valence-electron chi connectivity index (χ3n) is 9.99. The van der Waals surface area contributed by atoms with E-state index in [1.807, 2.05) is 0 Å². The molecule has 0 saturated heterocycles. The summed E-state index contributed by atoms with van der Waals surface area (Å²) in [6.07, 6.45) is 16.8. The predicted octanol–water partition coefficient (Wildman–Crippen LogP) is 7.53. The molecule has 198 valence electrons. The van der Waals surface area contributed by atoms with Crippen molar-refractivity contribution in [2.75, 3.05) is 21.1 Å². The second-order valence-electron chi connectivity index (χ2n) is 13.4. The van der Waals surface area contributed by atoms with E-state index < -0.39 is 0 Å². The Morgan fingerprint density at radius 1 is 0.943 bits per heavy atom. The van der Waals surface area contributed by atoms with Gasteiger partial charge in [-0.3, -0.25) is 4.90 Å². The van der Waals surface area contributed by atoms with Crippen LogP contribution < -0.4 is 0 Å². The van der Waals surface area contributed by atoms with Crippen molar-refractivity contribution in [3.8, 4) is 5.75 Å². The fourth-order valence-electron chi connectivity index (χ4n) is 8.35. The number of likely N-dealkylation sites (N-methyl/N-ethyl adjacent to an activating group) is 2. The first-order valence-electron chi connectivity index (χ1n) is 14.9. The molecular weight excluding hydrogens is 428 g/mol. The Bertz CT molecular complexity index is 817. The summed E-state index contributed by atoms with van der Waals surface area (Å²) < 4.78 is 0. The maximum Gasteiger partial charge on any atom is 0.123 e. The molecule has 0 radical (unpaired) electrons. The molecule has 4 atom stereocenters. The number of benzene rings is 1. The van der Waals surface area contributed by atoms with Gasteiger partial charge in [0, 0.05) is 29.8 Å². The summed E-state index contributed by atoms with van der Waals surface area (Å²) in [5, 5.41) is 11.8.